The predicted molar refractivity (Wildman–Crippen MR) is 133 cm³/mol. The van der Waals surface area contributed by atoms with Crippen molar-refractivity contribution in [1.29, 1.82) is 0 Å². The molecule has 0 radical (unpaired) electrons. The first-order chi connectivity index (χ1) is 18.2. The highest BCUT2D eigenvalue weighted by Gasteiger charge is 2.72. The highest BCUT2D eigenvalue weighted by Crippen LogP contribution is 2.54. The van der Waals surface area contributed by atoms with Gasteiger partial charge in [0.05, 0.1) is 36.2 Å². The van der Waals surface area contributed by atoms with Crippen LogP contribution in [0.15, 0.2) is 18.2 Å². The number of rotatable bonds is 5. The third-order valence-electron chi connectivity index (χ3n) is 8.21. The van der Waals surface area contributed by atoms with Crippen molar-refractivity contribution in [3.63, 3.8) is 0 Å². The van der Waals surface area contributed by atoms with Crippen LogP contribution in [0.25, 0.3) is 6.08 Å². The minimum Gasteiger partial charge on any atom is -0.507 e. The number of hydrogen-bond donors (Lipinski definition) is 4. The van der Waals surface area contributed by atoms with Crippen molar-refractivity contribution in [3.8, 4) is 5.75 Å². The quantitative estimate of drug-likeness (QED) is 0.201. The molecule has 0 heterocycles. The number of phenols is 1. The van der Waals surface area contributed by atoms with Crippen molar-refractivity contribution in [2.24, 2.45) is 29.4 Å². The second kappa shape index (κ2) is 9.78. The number of hydrogen-bond acceptors (Lipinski definition) is 11. The maximum absolute atomic E-state index is 13.9. The summed E-state index contributed by atoms with van der Waals surface area (Å²) in [7, 11) is 2.85. The largest absolute Gasteiger partial charge is 0.507 e. The monoisotopic (exact) mass is 542 g/mol. The molecule has 12 nitrogen and oxygen atoms in total. The summed E-state index contributed by atoms with van der Waals surface area (Å²) in [5, 5.41) is 34.2. The fourth-order valence-electron chi connectivity index (χ4n) is 6.49. The first-order valence-corrected chi connectivity index (χ1v) is 12.4. The molecule has 0 aliphatic heterocycles. The number of Topliss-reactive ketones (excluding diaryl/α,β-unsaturated/α-hetero) is 4. The zero-order chi connectivity index (χ0) is 29.1. The lowest BCUT2D eigenvalue weighted by molar-refractivity contribution is -0.196. The van der Waals surface area contributed by atoms with Crippen molar-refractivity contribution in [2.75, 3.05) is 20.7 Å². The van der Waals surface area contributed by atoms with E-state index in [1.807, 2.05) is 0 Å². The topological polar surface area (TPSA) is 202 Å². The molecule has 39 heavy (non-hydrogen) atoms. The molecule has 1 aromatic rings. The molecule has 0 aromatic heterocycles. The molecule has 2 saturated carbocycles. The molecular weight excluding hydrogens is 512 g/mol. The Morgan fingerprint density at radius 1 is 1.15 bits per heavy atom. The van der Waals surface area contributed by atoms with Crippen LogP contribution < -0.4 is 5.73 Å². The van der Waals surface area contributed by atoms with Crippen LogP contribution in [0.3, 0.4) is 0 Å². The van der Waals surface area contributed by atoms with Gasteiger partial charge in [-0.1, -0.05) is 19.1 Å². The molecule has 1 aromatic carbocycles. The lowest BCUT2D eigenvalue weighted by atomic mass is 9.49. The van der Waals surface area contributed by atoms with E-state index < -0.39 is 88.1 Å². The number of ether oxygens (including phenoxy) is 1. The van der Waals surface area contributed by atoms with E-state index in [0.29, 0.717) is 5.56 Å². The van der Waals surface area contributed by atoms with Crippen LogP contribution in [-0.2, 0) is 28.7 Å². The highest BCUT2D eigenvalue weighted by atomic mass is 16.5. The number of ketones is 4. The van der Waals surface area contributed by atoms with Crippen molar-refractivity contribution >= 4 is 41.1 Å². The van der Waals surface area contributed by atoms with Gasteiger partial charge >= 0.3 is 5.97 Å². The summed E-state index contributed by atoms with van der Waals surface area (Å²) in [5.41, 5.74) is 2.35. The number of aliphatic hydroxyl groups is 2. The number of likely N-dealkylation sites (N-methyl/N-ethyl adjacent to an activating group) is 1. The van der Waals surface area contributed by atoms with Gasteiger partial charge in [-0.3, -0.25) is 28.9 Å². The van der Waals surface area contributed by atoms with Crippen molar-refractivity contribution in [3.05, 3.63) is 34.9 Å². The summed E-state index contributed by atoms with van der Waals surface area (Å²) in [6.45, 7) is 3.36. The van der Waals surface area contributed by atoms with E-state index in [2.05, 4.69) is 0 Å². The maximum atomic E-state index is 13.9. The summed E-state index contributed by atoms with van der Waals surface area (Å²) in [6, 6.07) is 1.53. The van der Waals surface area contributed by atoms with Gasteiger partial charge in [-0.2, -0.15) is 0 Å². The Morgan fingerprint density at radius 2 is 1.79 bits per heavy atom. The molecule has 208 valence electrons. The third-order valence-corrected chi connectivity index (χ3v) is 8.21. The number of primary amides is 1. The van der Waals surface area contributed by atoms with Crippen LogP contribution in [0.1, 0.15) is 41.3 Å². The second-order valence-electron chi connectivity index (χ2n) is 10.4. The molecule has 8 atom stereocenters. The number of benzene rings is 1. The standard InChI is InChI=1S/C27H30N2O10/c1-5-39-13(30)9-7-11-6-8-12-10(2)14-16(21(32)15(12)20(11)31)24(35)27(38)18(22(14)33)19(29(3)4)23(34)17(25(27)36)26(28)37/h6-10,14,16-19,22,31,33,38H,5H2,1-4H3,(H2,28,37)/t10?,14-,16?,17?,18-,19?,22+,27+/m1/s1. The van der Waals surface area contributed by atoms with Gasteiger partial charge < -0.3 is 25.8 Å². The number of fused-ring (bicyclic) bond motifs is 3. The molecule has 0 saturated heterocycles. The van der Waals surface area contributed by atoms with Gasteiger partial charge in [0, 0.05) is 17.6 Å². The van der Waals surface area contributed by atoms with E-state index in [9.17, 15) is 44.1 Å². The van der Waals surface area contributed by atoms with Gasteiger partial charge in [0.25, 0.3) is 0 Å². The summed E-state index contributed by atoms with van der Waals surface area (Å²) < 4.78 is 4.81. The minimum atomic E-state index is -3.06. The van der Waals surface area contributed by atoms with E-state index >= 15 is 0 Å². The Morgan fingerprint density at radius 3 is 2.36 bits per heavy atom. The van der Waals surface area contributed by atoms with Crippen LogP contribution in [0.4, 0.5) is 0 Å². The number of esters is 1. The van der Waals surface area contributed by atoms with E-state index in [1.54, 1.807) is 13.8 Å². The number of nitrogens with two attached hydrogens (primary N) is 1. The molecular formula is C27H30N2O10. The molecule has 3 aliphatic carbocycles. The van der Waals surface area contributed by atoms with Crippen LogP contribution in [0.2, 0.25) is 0 Å². The lowest BCUT2D eigenvalue weighted by Gasteiger charge is -2.56. The third kappa shape index (κ3) is 3.93. The van der Waals surface area contributed by atoms with E-state index in [-0.39, 0.29) is 17.7 Å². The fourth-order valence-corrected chi connectivity index (χ4v) is 6.49. The van der Waals surface area contributed by atoms with Crippen molar-refractivity contribution < 1.29 is 48.8 Å². The Balaban J connectivity index is 1.88. The summed E-state index contributed by atoms with van der Waals surface area (Å²) in [4.78, 5) is 79.3. The number of amides is 1. The van der Waals surface area contributed by atoms with Gasteiger partial charge in [0.2, 0.25) is 5.91 Å². The predicted octanol–water partition coefficient (Wildman–Crippen LogP) is -1.02. The molecule has 2 fully saturated rings. The van der Waals surface area contributed by atoms with Gasteiger partial charge in [-0.25, -0.2) is 4.79 Å². The molecule has 3 aliphatic rings. The number of aliphatic hydroxyl groups excluding tert-OH is 1. The fraction of sp³-hybridized carbons (Fsp3) is 0.481. The average Bonchev–Trinajstić information content (AvgIpc) is 2.85. The summed E-state index contributed by atoms with van der Waals surface area (Å²) >= 11 is 0. The number of phenolic OH excluding ortho intramolecular Hbond substituents is 1. The first kappa shape index (κ1) is 28.3. The maximum Gasteiger partial charge on any atom is 0.330 e. The molecule has 1 amide bonds. The zero-order valence-corrected chi connectivity index (χ0v) is 21.8. The highest BCUT2D eigenvalue weighted by molar-refractivity contribution is 6.32. The van der Waals surface area contributed by atoms with Crippen molar-refractivity contribution in [2.45, 2.75) is 37.5 Å². The summed E-state index contributed by atoms with van der Waals surface area (Å²) in [6.07, 6.45) is 0.578. The van der Waals surface area contributed by atoms with E-state index in [4.69, 9.17) is 10.5 Å². The Labute approximate surface area is 223 Å². The van der Waals surface area contributed by atoms with Crippen LogP contribution in [0, 0.1) is 23.7 Å². The average molecular weight is 543 g/mol. The second-order valence-corrected chi connectivity index (χ2v) is 10.4. The Hall–Kier alpha value is -3.74. The van der Waals surface area contributed by atoms with Gasteiger partial charge in [-0.05, 0) is 38.6 Å². The molecule has 4 rings (SSSR count). The smallest absolute Gasteiger partial charge is 0.330 e. The van der Waals surface area contributed by atoms with Crippen LogP contribution in [0.5, 0.6) is 5.75 Å². The van der Waals surface area contributed by atoms with Crippen LogP contribution >= 0.6 is 0 Å². The number of nitrogens with zero attached hydrogens (tertiary/aromatic N) is 1. The molecule has 0 bridgehead atoms. The van der Waals surface area contributed by atoms with E-state index in [1.165, 1.54) is 37.2 Å². The Kier molecular flexibility index (Phi) is 7.09. The minimum absolute atomic E-state index is 0.0713. The van der Waals surface area contributed by atoms with Gasteiger partial charge in [-0.15, -0.1) is 0 Å². The number of aromatic hydroxyl groups is 1. The molecule has 12 heteroatoms. The molecule has 4 unspecified atom stereocenters. The number of carbonyl (C=O) groups excluding carboxylic acids is 6. The van der Waals surface area contributed by atoms with Crippen LogP contribution in [-0.4, -0.2) is 93.7 Å². The van der Waals surface area contributed by atoms with E-state index in [0.717, 1.165) is 6.08 Å². The lowest BCUT2D eigenvalue weighted by Crippen LogP contribution is -2.77. The zero-order valence-electron chi connectivity index (χ0n) is 21.8. The SMILES string of the molecule is CCOC(=O)C=Cc1ccc2c(c1O)C(=O)C1C(=O)[C@]3(O)C(=O)C(C(N)=O)C(=O)C(N(C)C)[C@@H]3[C@@H](O)[C@@H]1C2C. The Bertz CT molecular complexity index is 1330. The van der Waals surface area contributed by atoms with Gasteiger partial charge in [0.1, 0.15) is 5.75 Å². The normalized spacial score (nSPS) is 34.1. The molecule has 5 N–H and O–H groups in total. The van der Waals surface area contributed by atoms with Gasteiger partial charge in [0.15, 0.2) is 34.7 Å². The molecule has 0 spiro atoms. The number of carbonyl (C=O) groups is 6. The summed E-state index contributed by atoms with van der Waals surface area (Å²) in [5.74, 6) is -14.7. The van der Waals surface area contributed by atoms with Crippen molar-refractivity contribution in [1.82, 2.24) is 4.90 Å². The first-order valence-electron chi connectivity index (χ1n) is 12.4.